The average Bonchev–Trinajstić information content (AvgIpc) is 2.26. The number of hydrogen-bond acceptors (Lipinski definition) is 0. The van der Waals surface area contributed by atoms with Crippen molar-refractivity contribution in [1.82, 2.24) is 0 Å². The Morgan fingerprint density at radius 3 is 2.40 bits per heavy atom. The molecular weight excluding hydrogens is 180 g/mol. The van der Waals surface area contributed by atoms with Crippen molar-refractivity contribution in [2.75, 3.05) is 0 Å². The Kier molecular flexibility index (Phi) is 5.14. The molecule has 0 aromatic carbocycles. The highest BCUT2D eigenvalue weighted by Gasteiger charge is 2.12. The summed E-state index contributed by atoms with van der Waals surface area (Å²) < 4.78 is 0. The normalized spacial score (nSPS) is 20.5. The summed E-state index contributed by atoms with van der Waals surface area (Å²) in [5, 5.41) is 0. The van der Waals surface area contributed by atoms with Gasteiger partial charge < -0.3 is 0 Å². The topological polar surface area (TPSA) is 0 Å². The Labute approximate surface area is 95.5 Å². The zero-order chi connectivity index (χ0) is 11.3. The Morgan fingerprint density at radius 2 is 1.87 bits per heavy atom. The predicted octanol–water partition coefficient (Wildman–Crippen LogP) is 5.12. The van der Waals surface area contributed by atoms with Gasteiger partial charge in [-0.25, -0.2) is 0 Å². The molecule has 0 aromatic heterocycles. The van der Waals surface area contributed by atoms with Gasteiger partial charge in [0.1, 0.15) is 0 Å². The van der Waals surface area contributed by atoms with E-state index in [9.17, 15) is 0 Å². The Bertz CT molecular complexity index is 245. The number of allylic oxidation sites excluding steroid dienone is 4. The molecule has 0 heteroatoms. The first kappa shape index (κ1) is 12.5. The van der Waals surface area contributed by atoms with Crippen LogP contribution in [0, 0.1) is 11.8 Å². The first-order valence-electron chi connectivity index (χ1n) is 6.49. The van der Waals surface area contributed by atoms with Crippen LogP contribution in [0.3, 0.4) is 0 Å². The molecule has 0 spiro atoms. The summed E-state index contributed by atoms with van der Waals surface area (Å²) in [5.74, 6) is 1.69. The summed E-state index contributed by atoms with van der Waals surface area (Å²) in [6.07, 6.45) is 11.3. The van der Waals surface area contributed by atoms with E-state index in [1.165, 1.54) is 37.7 Å². The highest BCUT2D eigenvalue weighted by Crippen LogP contribution is 2.28. The molecule has 0 aliphatic heterocycles. The molecule has 0 nitrogen and oxygen atoms in total. The zero-order valence-corrected chi connectivity index (χ0v) is 10.8. The third-order valence-electron chi connectivity index (χ3n) is 3.81. The molecule has 1 aliphatic rings. The predicted molar refractivity (Wildman–Crippen MR) is 68.9 cm³/mol. The molecule has 2 atom stereocenters. The van der Waals surface area contributed by atoms with Crippen LogP contribution in [0.25, 0.3) is 0 Å². The van der Waals surface area contributed by atoms with Gasteiger partial charge in [0.05, 0.1) is 0 Å². The van der Waals surface area contributed by atoms with Crippen LogP contribution in [0.2, 0.25) is 0 Å². The fourth-order valence-corrected chi connectivity index (χ4v) is 2.09. The molecule has 0 saturated heterocycles. The minimum Gasteiger partial charge on any atom is -0.0730 e. The van der Waals surface area contributed by atoms with E-state index in [1.807, 2.05) is 0 Å². The third-order valence-corrected chi connectivity index (χ3v) is 3.81. The minimum atomic E-state index is 0.795. The molecule has 15 heavy (non-hydrogen) atoms. The molecule has 0 N–H and O–H groups in total. The van der Waals surface area contributed by atoms with Gasteiger partial charge in [-0.1, -0.05) is 56.9 Å². The maximum absolute atomic E-state index is 2.39. The number of hydrogen-bond donors (Lipinski definition) is 0. The minimum absolute atomic E-state index is 0.795. The zero-order valence-electron chi connectivity index (χ0n) is 10.8. The molecule has 1 rings (SSSR count). The molecule has 86 valence electrons. The van der Waals surface area contributed by atoms with E-state index in [0.29, 0.717) is 0 Å². The van der Waals surface area contributed by atoms with Crippen LogP contribution in [0.5, 0.6) is 0 Å². The van der Waals surface area contributed by atoms with Gasteiger partial charge in [-0.05, 0) is 38.0 Å². The van der Waals surface area contributed by atoms with Crippen LogP contribution in [-0.4, -0.2) is 0 Å². The lowest BCUT2D eigenvalue weighted by molar-refractivity contribution is 0.445. The standard InChI is InChI=1S/C15H26/c1-5-12(2)6-9-14(4)15-10-7-13(3)8-11-15/h7,10,12,14H,5-6,8-9,11H2,1-4H3. The van der Waals surface area contributed by atoms with Gasteiger partial charge in [0.25, 0.3) is 0 Å². The summed E-state index contributed by atoms with van der Waals surface area (Å²) in [4.78, 5) is 0. The van der Waals surface area contributed by atoms with Crippen LogP contribution < -0.4 is 0 Å². The molecule has 0 bridgehead atoms. The van der Waals surface area contributed by atoms with Crippen LogP contribution in [0.4, 0.5) is 0 Å². The van der Waals surface area contributed by atoms with Crippen molar-refractivity contribution in [3.05, 3.63) is 23.3 Å². The molecule has 0 aromatic rings. The van der Waals surface area contributed by atoms with Crippen molar-refractivity contribution in [3.63, 3.8) is 0 Å². The summed E-state index contributed by atoms with van der Waals surface area (Å²) in [5.41, 5.74) is 3.21. The summed E-state index contributed by atoms with van der Waals surface area (Å²) >= 11 is 0. The molecule has 0 radical (unpaired) electrons. The lowest BCUT2D eigenvalue weighted by Crippen LogP contribution is -2.05. The van der Waals surface area contributed by atoms with E-state index in [4.69, 9.17) is 0 Å². The summed E-state index contributed by atoms with van der Waals surface area (Å²) in [7, 11) is 0. The maximum Gasteiger partial charge on any atom is -0.0228 e. The Balaban J connectivity index is 2.37. The maximum atomic E-state index is 2.39. The molecule has 0 saturated carbocycles. The van der Waals surface area contributed by atoms with E-state index < -0.39 is 0 Å². The SMILES string of the molecule is CCC(C)CCC(C)C1=CC=C(C)CC1. The largest absolute Gasteiger partial charge is 0.0730 e. The molecule has 0 heterocycles. The Morgan fingerprint density at radius 1 is 1.13 bits per heavy atom. The van der Waals surface area contributed by atoms with Crippen LogP contribution in [-0.2, 0) is 0 Å². The van der Waals surface area contributed by atoms with Crippen molar-refractivity contribution < 1.29 is 0 Å². The molecule has 1 aliphatic carbocycles. The second kappa shape index (κ2) is 6.15. The highest BCUT2D eigenvalue weighted by molar-refractivity contribution is 5.24. The third kappa shape index (κ3) is 4.24. The van der Waals surface area contributed by atoms with Gasteiger partial charge in [-0.3, -0.25) is 0 Å². The van der Waals surface area contributed by atoms with Gasteiger partial charge in [0.2, 0.25) is 0 Å². The van der Waals surface area contributed by atoms with Crippen molar-refractivity contribution >= 4 is 0 Å². The molecule has 0 amide bonds. The highest BCUT2D eigenvalue weighted by atomic mass is 14.2. The second-order valence-electron chi connectivity index (χ2n) is 5.25. The lowest BCUT2D eigenvalue weighted by Gasteiger charge is -2.20. The van der Waals surface area contributed by atoms with Crippen molar-refractivity contribution in [1.29, 1.82) is 0 Å². The van der Waals surface area contributed by atoms with Crippen LogP contribution in [0.1, 0.15) is 59.8 Å². The van der Waals surface area contributed by atoms with E-state index >= 15 is 0 Å². The van der Waals surface area contributed by atoms with Crippen LogP contribution in [0.15, 0.2) is 23.3 Å². The van der Waals surface area contributed by atoms with Crippen LogP contribution >= 0.6 is 0 Å². The Hall–Kier alpha value is -0.520. The molecule has 2 unspecified atom stereocenters. The van der Waals surface area contributed by atoms with E-state index in [0.717, 1.165) is 11.8 Å². The molecule has 0 fully saturated rings. The first-order chi connectivity index (χ1) is 7.13. The summed E-state index contributed by atoms with van der Waals surface area (Å²) in [6.45, 7) is 9.28. The van der Waals surface area contributed by atoms with Gasteiger partial charge in [-0.15, -0.1) is 0 Å². The van der Waals surface area contributed by atoms with Crippen molar-refractivity contribution in [2.24, 2.45) is 11.8 Å². The first-order valence-corrected chi connectivity index (χ1v) is 6.49. The van der Waals surface area contributed by atoms with E-state index in [-0.39, 0.29) is 0 Å². The second-order valence-corrected chi connectivity index (χ2v) is 5.25. The summed E-state index contributed by atoms with van der Waals surface area (Å²) in [6, 6.07) is 0. The average molecular weight is 206 g/mol. The monoisotopic (exact) mass is 206 g/mol. The van der Waals surface area contributed by atoms with Gasteiger partial charge in [0, 0.05) is 0 Å². The lowest BCUT2D eigenvalue weighted by atomic mass is 9.86. The van der Waals surface area contributed by atoms with Gasteiger partial charge in [0.15, 0.2) is 0 Å². The van der Waals surface area contributed by atoms with E-state index in [2.05, 4.69) is 39.8 Å². The van der Waals surface area contributed by atoms with Gasteiger partial charge >= 0.3 is 0 Å². The van der Waals surface area contributed by atoms with Gasteiger partial charge in [-0.2, -0.15) is 0 Å². The van der Waals surface area contributed by atoms with Crippen molar-refractivity contribution in [3.8, 4) is 0 Å². The number of rotatable bonds is 5. The fourth-order valence-electron chi connectivity index (χ4n) is 2.09. The fraction of sp³-hybridized carbons (Fsp3) is 0.733. The smallest absolute Gasteiger partial charge is 0.0228 e. The molecular formula is C15H26. The van der Waals surface area contributed by atoms with E-state index in [1.54, 1.807) is 5.57 Å². The van der Waals surface area contributed by atoms with Crippen molar-refractivity contribution in [2.45, 2.75) is 59.8 Å². The quantitative estimate of drug-likeness (QED) is 0.586.